The van der Waals surface area contributed by atoms with Crippen LogP contribution in [0.1, 0.15) is 5.56 Å². The molecule has 92 valence electrons. The number of benzene rings is 1. The van der Waals surface area contributed by atoms with E-state index in [0.717, 1.165) is 0 Å². The van der Waals surface area contributed by atoms with Gasteiger partial charge < -0.3 is 21.0 Å². The van der Waals surface area contributed by atoms with E-state index in [0.29, 0.717) is 16.3 Å². The molecule has 0 saturated heterocycles. The largest absolute Gasteiger partial charge is 0.409 e. The predicted octanol–water partition coefficient (Wildman–Crippen LogP) is 1.02. The molecule has 6 nitrogen and oxygen atoms in total. The maximum atomic E-state index is 11.3. The number of oxime groups is 1. The molecule has 0 bridgehead atoms. The highest BCUT2D eigenvalue weighted by molar-refractivity contribution is 6.33. The molecule has 0 radical (unpaired) electrons. The van der Waals surface area contributed by atoms with Crippen molar-refractivity contribution in [1.82, 2.24) is 0 Å². The second kappa shape index (κ2) is 6.07. The van der Waals surface area contributed by atoms with Crippen molar-refractivity contribution < 1.29 is 14.7 Å². The number of amides is 1. The number of ether oxygens (including phenoxy) is 1. The number of anilines is 1. The molecule has 0 spiro atoms. The van der Waals surface area contributed by atoms with Crippen molar-refractivity contribution in [2.45, 2.75) is 0 Å². The van der Waals surface area contributed by atoms with Gasteiger partial charge in [-0.2, -0.15) is 0 Å². The highest BCUT2D eigenvalue weighted by Gasteiger charge is 2.08. The highest BCUT2D eigenvalue weighted by atomic mass is 35.5. The van der Waals surface area contributed by atoms with E-state index in [2.05, 4.69) is 15.2 Å². The van der Waals surface area contributed by atoms with Gasteiger partial charge in [-0.25, -0.2) is 0 Å². The first-order valence-corrected chi connectivity index (χ1v) is 5.02. The zero-order chi connectivity index (χ0) is 12.8. The number of nitrogens with one attached hydrogen (secondary N) is 1. The van der Waals surface area contributed by atoms with Crippen molar-refractivity contribution in [1.29, 1.82) is 0 Å². The van der Waals surface area contributed by atoms with Crippen LogP contribution in [0.25, 0.3) is 0 Å². The number of carbonyl (C=O) groups is 1. The van der Waals surface area contributed by atoms with Gasteiger partial charge in [0.15, 0.2) is 5.84 Å². The number of nitrogens with zero attached hydrogens (tertiary/aromatic N) is 1. The van der Waals surface area contributed by atoms with E-state index in [1.54, 1.807) is 6.07 Å². The van der Waals surface area contributed by atoms with Crippen LogP contribution >= 0.6 is 11.6 Å². The molecule has 1 amide bonds. The molecule has 1 aromatic rings. The number of halogens is 1. The Labute approximate surface area is 103 Å². The Morgan fingerprint density at radius 3 is 2.94 bits per heavy atom. The summed E-state index contributed by atoms with van der Waals surface area (Å²) in [5.41, 5.74) is 6.24. The number of hydrogen-bond acceptors (Lipinski definition) is 4. The lowest BCUT2D eigenvalue weighted by Gasteiger charge is -2.08. The topological polar surface area (TPSA) is 96.9 Å². The van der Waals surface area contributed by atoms with E-state index in [-0.39, 0.29) is 18.3 Å². The van der Waals surface area contributed by atoms with Crippen molar-refractivity contribution in [2.24, 2.45) is 10.9 Å². The number of nitrogens with two attached hydrogens (primary N) is 1. The van der Waals surface area contributed by atoms with E-state index in [4.69, 9.17) is 22.5 Å². The molecule has 0 aliphatic heterocycles. The lowest BCUT2D eigenvalue weighted by atomic mass is 10.2. The molecule has 0 fully saturated rings. The molecular weight excluding hydrogens is 246 g/mol. The summed E-state index contributed by atoms with van der Waals surface area (Å²) in [6.07, 6.45) is 0. The molecule has 4 N–H and O–H groups in total. The van der Waals surface area contributed by atoms with Crippen molar-refractivity contribution >= 4 is 29.0 Å². The van der Waals surface area contributed by atoms with Gasteiger partial charge in [-0.3, -0.25) is 4.79 Å². The highest BCUT2D eigenvalue weighted by Crippen LogP contribution is 2.22. The molecular formula is C10H12ClN3O3. The van der Waals surface area contributed by atoms with Crippen molar-refractivity contribution in [2.75, 3.05) is 19.0 Å². The van der Waals surface area contributed by atoms with Crippen LogP contribution in [0.4, 0.5) is 5.69 Å². The normalized spacial score (nSPS) is 11.3. The third-order valence-electron chi connectivity index (χ3n) is 1.92. The summed E-state index contributed by atoms with van der Waals surface area (Å²) >= 11 is 5.89. The van der Waals surface area contributed by atoms with Crippen LogP contribution in [0.15, 0.2) is 23.4 Å². The molecule has 7 heteroatoms. The fourth-order valence-electron chi connectivity index (χ4n) is 1.16. The van der Waals surface area contributed by atoms with Gasteiger partial charge in [0.25, 0.3) is 0 Å². The summed E-state index contributed by atoms with van der Waals surface area (Å²) in [5.74, 6) is -0.407. The van der Waals surface area contributed by atoms with Gasteiger partial charge >= 0.3 is 0 Å². The minimum absolute atomic E-state index is 0.0658. The smallest absolute Gasteiger partial charge is 0.250 e. The molecule has 1 aromatic carbocycles. The van der Waals surface area contributed by atoms with Crippen molar-refractivity contribution in [3.8, 4) is 0 Å². The summed E-state index contributed by atoms with van der Waals surface area (Å²) in [5, 5.41) is 14.3. The second-order valence-electron chi connectivity index (χ2n) is 3.16. The van der Waals surface area contributed by atoms with Crippen LogP contribution in [0.3, 0.4) is 0 Å². The first-order valence-electron chi connectivity index (χ1n) is 4.64. The van der Waals surface area contributed by atoms with Crippen LogP contribution in [0, 0.1) is 0 Å². The standard InChI is InChI=1S/C10H12ClN3O3/c1-17-5-9(15)13-8-4-6(10(12)14-16)2-3-7(8)11/h2-4,16H,5H2,1H3,(H2,12,14)(H,13,15). The number of carbonyl (C=O) groups excluding carboxylic acids is 1. The van der Waals surface area contributed by atoms with Gasteiger partial charge in [0, 0.05) is 12.7 Å². The number of methoxy groups -OCH3 is 1. The first-order chi connectivity index (χ1) is 8.08. The molecule has 1 rings (SSSR count). The maximum absolute atomic E-state index is 11.3. The Bertz CT molecular complexity index is 448. The Morgan fingerprint density at radius 2 is 2.35 bits per heavy atom. The first kappa shape index (κ1) is 13.3. The number of rotatable bonds is 4. The fraction of sp³-hybridized carbons (Fsp3) is 0.200. The third-order valence-corrected chi connectivity index (χ3v) is 2.25. The maximum Gasteiger partial charge on any atom is 0.250 e. The Kier molecular flexibility index (Phi) is 4.74. The molecule has 0 atom stereocenters. The van der Waals surface area contributed by atoms with E-state index < -0.39 is 0 Å². The van der Waals surface area contributed by atoms with Crippen LogP contribution in [0.5, 0.6) is 0 Å². The van der Waals surface area contributed by atoms with Gasteiger partial charge in [-0.15, -0.1) is 0 Å². The number of hydrogen-bond donors (Lipinski definition) is 3. The summed E-state index contributed by atoms with van der Waals surface area (Å²) in [6.45, 7) is -0.0792. The fourth-order valence-corrected chi connectivity index (χ4v) is 1.32. The van der Waals surface area contributed by atoms with Crippen molar-refractivity contribution in [3.05, 3.63) is 28.8 Å². The molecule has 0 aliphatic rings. The third kappa shape index (κ3) is 3.61. The van der Waals surface area contributed by atoms with Gasteiger partial charge in [0.05, 0.1) is 10.7 Å². The number of amidine groups is 1. The lowest BCUT2D eigenvalue weighted by molar-refractivity contribution is -0.119. The van der Waals surface area contributed by atoms with E-state index in [1.807, 2.05) is 0 Å². The van der Waals surface area contributed by atoms with Gasteiger partial charge in [0.2, 0.25) is 5.91 Å². The Morgan fingerprint density at radius 1 is 1.65 bits per heavy atom. The van der Waals surface area contributed by atoms with Crippen LogP contribution in [-0.2, 0) is 9.53 Å². The summed E-state index contributed by atoms with van der Waals surface area (Å²) < 4.78 is 4.67. The molecule has 17 heavy (non-hydrogen) atoms. The zero-order valence-electron chi connectivity index (χ0n) is 9.11. The quantitative estimate of drug-likeness (QED) is 0.325. The minimum atomic E-state index is -0.342. The molecule has 0 saturated carbocycles. The molecule has 0 heterocycles. The zero-order valence-corrected chi connectivity index (χ0v) is 9.86. The summed E-state index contributed by atoms with van der Waals surface area (Å²) in [7, 11) is 1.41. The van der Waals surface area contributed by atoms with Crippen LogP contribution in [0.2, 0.25) is 5.02 Å². The molecule has 0 aromatic heterocycles. The Balaban J connectivity index is 2.95. The molecule has 0 unspecified atom stereocenters. The Hall–Kier alpha value is -1.79. The predicted molar refractivity (Wildman–Crippen MR) is 64.5 cm³/mol. The van der Waals surface area contributed by atoms with Crippen LogP contribution < -0.4 is 11.1 Å². The van der Waals surface area contributed by atoms with E-state index >= 15 is 0 Å². The van der Waals surface area contributed by atoms with Gasteiger partial charge in [0.1, 0.15) is 6.61 Å². The van der Waals surface area contributed by atoms with Gasteiger partial charge in [-0.1, -0.05) is 16.8 Å². The molecule has 0 aliphatic carbocycles. The van der Waals surface area contributed by atoms with Crippen LogP contribution in [-0.4, -0.2) is 30.7 Å². The van der Waals surface area contributed by atoms with E-state index in [1.165, 1.54) is 19.2 Å². The van der Waals surface area contributed by atoms with Crippen molar-refractivity contribution in [3.63, 3.8) is 0 Å². The van der Waals surface area contributed by atoms with Gasteiger partial charge in [-0.05, 0) is 18.2 Å². The SMILES string of the molecule is COCC(=O)Nc1cc(C(N)=NO)ccc1Cl. The second-order valence-corrected chi connectivity index (χ2v) is 3.57. The average Bonchev–Trinajstić information content (AvgIpc) is 2.31. The summed E-state index contributed by atoms with van der Waals surface area (Å²) in [6, 6.07) is 4.62. The minimum Gasteiger partial charge on any atom is -0.409 e. The summed E-state index contributed by atoms with van der Waals surface area (Å²) in [4.78, 5) is 11.3. The monoisotopic (exact) mass is 257 g/mol. The average molecular weight is 258 g/mol. The lowest BCUT2D eigenvalue weighted by Crippen LogP contribution is -2.18. The van der Waals surface area contributed by atoms with E-state index in [9.17, 15) is 4.79 Å².